The molecule has 0 amide bonds. The Balaban J connectivity index is 2.27. The maximum absolute atomic E-state index is 6.24. The van der Waals surface area contributed by atoms with Gasteiger partial charge in [-0.15, -0.1) is 0 Å². The Morgan fingerprint density at radius 2 is 2.00 bits per heavy atom. The summed E-state index contributed by atoms with van der Waals surface area (Å²) in [5.41, 5.74) is 4.39. The molecule has 1 N–H and O–H groups in total. The number of nitrogens with one attached hydrogen (secondary N) is 1. The topological polar surface area (TPSA) is 42.7 Å². The molecule has 0 atom stereocenters. The standard InChI is InChI=1S/C16H23ClN4/c1-10(2)7-18-8-14-6-16(19-9-15(14)17)21-13(5)11(3)12(4)20-21/h6,9-10,18H,7-8H2,1-5H3. The summed E-state index contributed by atoms with van der Waals surface area (Å²) in [6.45, 7) is 12.2. The third-order valence-electron chi connectivity index (χ3n) is 3.66. The van der Waals surface area contributed by atoms with E-state index in [4.69, 9.17) is 11.6 Å². The second-order valence-corrected chi connectivity index (χ2v) is 6.27. The maximum Gasteiger partial charge on any atom is 0.154 e. The van der Waals surface area contributed by atoms with Gasteiger partial charge in [-0.3, -0.25) is 0 Å². The summed E-state index contributed by atoms with van der Waals surface area (Å²) in [5.74, 6) is 1.43. The molecule has 0 unspecified atom stereocenters. The average molecular weight is 307 g/mol. The summed E-state index contributed by atoms with van der Waals surface area (Å²) >= 11 is 6.24. The molecule has 2 rings (SSSR count). The highest BCUT2D eigenvalue weighted by Gasteiger charge is 2.11. The highest BCUT2D eigenvalue weighted by Crippen LogP contribution is 2.20. The molecule has 0 saturated carbocycles. The maximum atomic E-state index is 6.24. The normalized spacial score (nSPS) is 11.4. The first-order chi connectivity index (χ1) is 9.90. The van der Waals surface area contributed by atoms with Crippen LogP contribution < -0.4 is 5.32 Å². The van der Waals surface area contributed by atoms with E-state index >= 15 is 0 Å². The van der Waals surface area contributed by atoms with Gasteiger partial charge in [-0.05, 0) is 50.4 Å². The van der Waals surface area contributed by atoms with Crippen molar-refractivity contribution in [2.45, 2.75) is 41.2 Å². The van der Waals surface area contributed by atoms with Gasteiger partial charge in [-0.2, -0.15) is 5.10 Å². The number of pyridine rings is 1. The minimum Gasteiger partial charge on any atom is -0.312 e. The van der Waals surface area contributed by atoms with Gasteiger partial charge in [0.25, 0.3) is 0 Å². The second kappa shape index (κ2) is 6.58. The van der Waals surface area contributed by atoms with Crippen molar-refractivity contribution in [1.82, 2.24) is 20.1 Å². The van der Waals surface area contributed by atoms with Crippen LogP contribution in [0.5, 0.6) is 0 Å². The van der Waals surface area contributed by atoms with Crippen molar-refractivity contribution in [3.05, 3.63) is 39.8 Å². The lowest BCUT2D eigenvalue weighted by atomic mass is 10.2. The van der Waals surface area contributed by atoms with Gasteiger partial charge in [-0.1, -0.05) is 25.4 Å². The fourth-order valence-corrected chi connectivity index (χ4v) is 2.33. The first kappa shape index (κ1) is 16.0. The largest absolute Gasteiger partial charge is 0.312 e. The molecule has 0 saturated heterocycles. The van der Waals surface area contributed by atoms with E-state index in [0.29, 0.717) is 10.9 Å². The molecule has 0 aliphatic carbocycles. The molecule has 114 valence electrons. The summed E-state index contributed by atoms with van der Waals surface area (Å²) in [6.07, 6.45) is 1.70. The molecule has 2 aromatic rings. The molecule has 21 heavy (non-hydrogen) atoms. The molecule has 0 aliphatic heterocycles. The molecule has 0 radical (unpaired) electrons. The van der Waals surface area contributed by atoms with Gasteiger partial charge in [0, 0.05) is 18.4 Å². The zero-order valence-electron chi connectivity index (χ0n) is 13.4. The summed E-state index contributed by atoms with van der Waals surface area (Å²) in [6, 6.07) is 2.01. The van der Waals surface area contributed by atoms with Gasteiger partial charge in [0.15, 0.2) is 5.82 Å². The zero-order chi connectivity index (χ0) is 15.6. The fraction of sp³-hybridized carbons (Fsp3) is 0.500. The molecule has 5 heteroatoms. The number of hydrogen-bond acceptors (Lipinski definition) is 3. The molecule has 0 spiro atoms. The molecular weight excluding hydrogens is 284 g/mol. The number of hydrogen-bond donors (Lipinski definition) is 1. The smallest absolute Gasteiger partial charge is 0.154 e. The Bertz CT molecular complexity index is 631. The quantitative estimate of drug-likeness (QED) is 0.918. The van der Waals surface area contributed by atoms with Crippen LogP contribution in [0, 0.1) is 26.7 Å². The Labute approximate surface area is 131 Å². The summed E-state index contributed by atoms with van der Waals surface area (Å²) in [5, 5.41) is 8.65. The van der Waals surface area contributed by atoms with Crippen molar-refractivity contribution in [3.8, 4) is 5.82 Å². The van der Waals surface area contributed by atoms with Gasteiger partial charge in [0.05, 0.1) is 10.7 Å². The summed E-state index contributed by atoms with van der Waals surface area (Å²) < 4.78 is 1.88. The minimum atomic E-state index is 0.615. The lowest BCUT2D eigenvalue weighted by Gasteiger charge is -2.11. The van der Waals surface area contributed by atoms with Crippen molar-refractivity contribution in [3.63, 3.8) is 0 Å². The van der Waals surface area contributed by atoms with Crippen molar-refractivity contribution in [2.75, 3.05) is 6.54 Å². The van der Waals surface area contributed by atoms with Crippen molar-refractivity contribution >= 4 is 11.6 Å². The third-order valence-corrected chi connectivity index (χ3v) is 4.00. The number of aryl methyl sites for hydroxylation is 1. The van der Waals surface area contributed by atoms with Crippen LogP contribution in [-0.2, 0) is 6.54 Å². The SMILES string of the molecule is Cc1nn(-c2cc(CNCC(C)C)c(Cl)cn2)c(C)c1C. The van der Waals surface area contributed by atoms with Crippen LogP contribution in [-0.4, -0.2) is 21.3 Å². The average Bonchev–Trinajstić information content (AvgIpc) is 2.68. The van der Waals surface area contributed by atoms with E-state index in [1.54, 1.807) is 6.20 Å². The number of nitrogens with zero attached hydrogens (tertiary/aromatic N) is 3. The van der Waals surface area contributed by atoms with Crippen molar-refractivity contribution in [2.24, 2.45) is 5.92 Å². The number of rotatable bonds is 5. The molecule has 0 fully saturated rings. The van der Waals surface area contributed by atoms with Crippen molar-refractivity contribution in [1.29, 1.82) is 0 Å². The van der Waals surface area contributed by atoms with E-state index in [1.807, 2.05) is 17.7 Å². The van der Waals surface area contributed by atoms with E-state index in [2.05, 4.69) is 43.1 Å². The zero-order valence-corrected chi connectivity index (χ0v) is 14.1. The van der Waals surface area contributed by atoms with Gasteiger partial charge < -0.3 is 5.32 Å². The van der Waals surface area contributed by atoms with Crippen LogP contribution in [0.15, 0.2) is 12.3 Å². The highest BCUT2D eigenvalue weighted by molar-refractivity contribution is 6.31. The van der Waals surface area contributed by atoms with Crippen LogP contribution >= 0.6 is 11.6 Å². The Morgan fingerprint density at radius 3 is 2.57 bits per heavy atom. The summed E-state index contributed by atoms with van der Waals surface area (Å²) in [7, 11) is 0. The minimum absolute atomic E-state index is 0.615. The predicted octanol–water partition coefficient (Wildman–Crippen LogP) is 3.59. The van der Waals surface area contributed by atoms with Gasteiger partial charge in [0.1, 0.15) is 0 Å². The third kappa shape index (κ3) is 3.63. The Hall–Kier alpha value is -1.39. The van der Waals surface area contributed by atoms with Crippen LogP contribution in [0.4, 0.5) is 0 Å². The van der Waals surface area contributed by atoms with Crippen LogP contribution in [0.3, 0.4) is 0 Å². The van der Waals surface area contributed by atoms with E-state index < -0.39 is 0 Å². The van der Waals surface area contributed by atoms with Gasteiger partial charge >= 0.3 is 0 Å². The lowest BCUT2D eigenvalue weighted by Crippen LogP contribution is -2.19. The van der Waals surface area contributed by atoms with E-state index in [0.717, 1.165) is 35.9 Å². The van der Waals surface area contributed by atoms with Crippen LogP contribution in [0.1, 0.15) is 36.4 Å². The Morgan fingerprint density at radius 1 is 1.29 bits per heavy atom. The molecule has 2 heterocycles. The Kier molecular flexibility index (Phi) is 5.01. The fourth-order valence-electron chi connectivity index (χ4n) is 2.16. The molecular formula is C16H23ClN4. The molecule has 0 aliphatic rings. The molecule has 4 nitrogen and oxygen atoms in total. The first-order valence-corrected chi connectivity index (χ1v) is 7.66. The van der Waals surface area contributed by atoms with E-state index in [1.165, 1.54) is 5.56 Å². The number of aromatic nitrogens is 3. The van der Waals surface area contributed by atoms with Crippen molar-refractivity contribution < 1.29 is 0 Å². The van der Waals surface area contributed by atoms with E-state index in [-0.39, 0.29) is 0 Å². The molecule has 0 bridgehead atoms. The number of halogens is 1. The first-order valence-electron chi connectivity index (χ1n) is 7.28. The summed E-state index contributed by atoms with van der Waals surface area (Å²) in [4.78, 5) is 4.41. The monoisotopic (exact) mass is 306 g/mol. The van der Waals surface area contributed by atoms with Crippen LogP contribution in [0.2, 0.25) is 5.02 Å². The van der Waals surface area contributed by atoms with Gasteiger partial charge in [0.2, 0.25) is 0 Å². The van der Waals surface area contributed by atoms with E-state index in [9.17, 15) is 0 Å². The second-order valence-electron chi connectivity index (χ2n) is 5.87. The van der Waals surface area contributed by atoms with Gasteiger partial charge in [-0.25, -0.2) is 9.67 Å². The lowest BCUT2D eigenvalue weighted by molar-refractivity contribution is 0.552. The van der Waals surface area contributed by atoms with Crippen LogP contribution in [0.25, 0.3) is 5.82 Å². The molecule has 0 aromatic carbocycles. The highest BCUT2D eigenvalue weighted by atomic mass is 35.5. The predicted molar refractivity (Wildman–Crippen MR) is 87.1 cm³/mol. The molecule has 2 aromatic heterocycles.